The minimum atomic E-state index is -0.302. The van der Waals surface area contributed by atoms with E-state index in [1.54, 1.807) is 42.5 Å². The summed E-state index contributed by atoms with van der Waals surface area (Å²) in [5.74, 6) is 0.641. The minimum Gasteiger partial charge on any atom is -0.493 e. The lowest BCUT2D eigenvalue weighted by molar-refractivity contribution is -0.111. The van der Waals surface area contributed by atoms with Crippen LogP contribution in [0.5, 0.6) is 11.5 Å². The molecular formula is C17H15Cl2NO3. The van der Waals surface area contributed by atoms with Crippen molar-refractivity contribution in [3.8, 4) is 11.5 Å². The first-order valence-electron chi connectivity index (χ1n) is 6.70. The van der Waals surface area contributed by atoms with Crippen LogP contribution in [0.3, 0.4) is 0 Å². The van der Waals surface area contributed by atoms with Crippen LogP contribution in [0.2, 0.25) is 10.0 Å². The topological polar surface area (TPSA) is 47.6 Å². The Morgan fingerprint density at radius 3 is 2.48 bits per heavy atom. The van der Waals surface area contributed by atoms with Crippen LogP contribution in [-0.2, 0) is 4.79 Å². The number of carbonyl (C=O) groups is 1. The molecule has 0 aromatic heterocycles. The fraction of sp³-hybridized carbons (Fsp3) is 0.118. The van der Waals surface area contributed by atoms with Gasteiger partial charge in [-0.05, 0) is 35.9 Å². The first kappa shape index (κ1) is 17.2. The molecule has 0 bridgehead atoms. The van der Waals surface area contributed by atoms with Crippen molar-refractivity contribution in [1.29, 1.82) is 0 Å². The summed E-state index contributed by atoms with van der Waals surface area (Å²) in [6, 6.07) is 10.4. The Hall–Kier alpha value is -2.17. The average molecular weight is 352 g/mol. The van der Waals surface area contributed by atoms with E-state index in [9.17, 15) is 4.79 Å². The Balaban J connectivity index is 2.15. The summed E-state index contributed by atoms with van der Waals surface area (Å²) < 4.78 is 10.4. The Morgan fingerprint density at radius 1 is 1.09 bits per heavy atom. The molecular weight excluding hydrogens is 337 g/mol. The second-order valence-electron chi connectivity index (χ2n) is 4.54. The van der Waals surface area contributed by atoms with Gasteiger partial charge in [0.1, 0.15) is 0 Å². The second-order valence-corrected chi connectivity index (χ2v) is 5.36. The summed E-state index contributed by atoms with van der Waals surface area (Å²) in [5, 5.41) is 3.58. The van der Waals surface area contributed by atoms with Crippen LogP contribution in [0.15, 0.2) is 42.5 Å². The highest BCUT2D eigenvalue weighted by Crippen LogP contribution is 2.36. The molecule has 4 nitrogen and oxygen atoms in total. The lowest BCUT2D eigenvalue weighted by Gasteiger charge is -2.10. The van der Waals surface area contributed by atoms with Gasteiger partial charge in [0.2, 0.25) is 5.91 Å². The maximum atomic E-state index is 12.0. The molecule has 1 amide bonds. The molecule has 0 heterocycles. The summed E-state index contributed by atoms with van der Waals surface area (Å²) in [6.45, 7) is 0. The molecule has 0 saturated carbocycles. The third-order valence-electron chi connectivity index (χ3n) is 3.01. The standard InChI is InChI=1S/C17H15Cl2NO3/c1-22-15-10-11(9-13(19)17(15)23-2)7-8-16(21)20-14-6-4-3-5-12(14)18/h3-10H,1-2H3,(H,20,21)/b8-7+. The molecule has 0 saturated heterocycles. The lowest BCUT2D eigenvalue weighted by atomic mass is 10.2. The number of amides is 1. The Bertz CT molecular complexity index is 745. The lowest BCUT2D eigenvalue weighted by Crippen LogP contribution is -2.07. The molecule has 6 heteroatoms. The van der Waals surface area contributed by atoms with Gasteiger partial charge in [-0.2, -0.15) is 0 Å². The van der Waals surface area contributed by atoms with Gasteiger partial charge in [0.05, 0.1) is 30.0 Å². The number of carbonyl (C=O) groups excluding carboxylic acids is 1. The maximum Gasteiger partial charge on any atom is 0.248 e. The molecule has 0 aliphatic rings. The summed E-state index contributed by atoms with van der Waals surface area (Å²) in [6.07, 6.45) is 3.01. The van der Waals surface area contributed by atoms with Crippen molar-refractivity contribution >= 4 is 40.9 Å². The Labute approximate surface area is 144 Å². The van der Waals surface area contributed by atoms with Gasteiger partial charge in [0.15, 0.2) is 11.5 Å². The summed E-state index contributed by atoms with van der Waals surface area (Å²) >= 11 is 12.1. The molecule has 0 unspecified atom stereocenters. The smallest absolute Gasteiger partial charge is 0.248 e. The van der Waals surface area contributed by atoms with Crippen LogP contribution in [0.4, 0.5) is 5.69 Å². The van der Waals surface area contributed by atoms with Gasteiger partial charge in [-0.25, -0.2) is 0 Å². The highest BCUT2D eigenvalue weighted by molar-refractivity contribution is 6.34. The van der Waals surface area contributed by atoms with Gasteiger partial charge >= 0.3 is 0 Å². The van der Waals surface area contributed by atoms with Crippen LogP contribution in [0.25, 0.3) is 6.08 Å². The van der Waals surface area contributed by atoms with E-state index in [1.165, 1.54) is 20.3 Å². The van der Waals surface area contributed by atoms with Crippen LogP contribution < -0.4 is 14.8 Å². The van der Waals surface area contributed by atoms with Gasteiger partial charge in [-0.3, -0.25) is 4.79 Å². The van der Waals surface area contributed by atoms with Gasteiger partial charge in [0, 0.05) is 6.08 Å². The number of halogens is 2. The predicted octanol–water partition coefficient (Wildman–Crippen LogP) is 4.66. The number of hydrogen-bond acceptors (Lipinski definition) is 3. The number of nitrogens with one attached hydrogen (secondary N) is 1. The van der Waals surface area contributed by atoms with E-state index in [2.05, 4.69) is 5.32 Å². The summed E-state index contributed by atoms with van der Waals surface area (Å²) in [4.78, 5) is 12.0. The Kier molecular flexibility index (Phi) is 5.90. The predicted molar refractivity (Wildman–Crippen MR) is 93.7 cm³/mol. The fourth-order valence-corrected chi connectivity index (χ4v) is 2.42. The third-order valence-corrected chi connectivity index (χ3v) is 3.63. The first-order valence-corrected chi connectivity index (χ1v) is 7.46. The molecule has 0 fully saturated rings. The molecule has 2 aromatic rings. The van der Waals surface area contributed by atoms with Crippen molar-refractivity contribution in [2.75, 3.05) is 19.5 Å². The van der Waals surface area contributed by atoms with E-state index in [0.29, 0.717) is 32.8 Å². The van der Waals surface area contributed by atoms with E-state index < -0.39 is 0 Å². The van der Waals surface area contributed by atoms with Crippen LogP contribution >= 0.6 is 23.2 Å². The van der Waals surface area contributed by atoms with Gasteiger partial charge in [-0.1, -0.05) is 35.3 Å². The van der Waals surface area contributed by atoms with E-state index in [-0.39, 0.29) is 5.91 Å². The number of anilines is 1. The molecule has 1 N–H and O–H groups in total. The largest absolute Gasteiger partial charge is 0.493 e. The maximum absolute atomic E-state index is 12.0. The zero-order valence-corrected chi connectivity index (χ0v) is 14.1. The van der Waals surface area contributed by atoms with Gasteiger partial charge in [-0.15, -0.1) is 0 Å². The fourth-order valence-electron chi connectivity index (χ4n) is 1.94. The molecule has 2 rings (SSSR count). The zero-order chi connectivity index (χ0) is 16.8. The SMILES string of the molecule is COc1cc(/C=C/C(=O)Nc2ccccc2Cl)cc(Cl)c1OC. The van der Waals surface area contributed by atoms with Crippen molar-refractivity contribution in [1.82, 2.24) is 0 Å². The normalized spacial score (nSPS) is 10.6. The number of benzene rings is 2. The first-order chi connectivity index (χ1) is 11.0. The van der Waals surface area contributed by atoms with E-state index in [0.717, 1.165) is 0 Å². The molecule has 0 spiro atoms. The third kappa shape index (κ3) is 4.41. The molecule has 120 valence electrons. The van der Waals surface area contributed by atoms with Crippen molar-refractivity contribution in [3.63, 3.8) is 0 Å². The van der Waals surface area contributed by atoms with Crippen LogP contribution in [0, 0.1) is 0 Å². The summed E-state index contributed by atoms with van der Waals surface area (Å²) in [7, 11) is 3.03. The number of hydrogen-bond donors (Lipinski definition) is 1. The molecule has 0 aliphatic carbocycles. The number of para-hydroxylation sites is 1. The van der Waals surface area contributed by atoms with E-state index >= 15 is 0 Å². The second kappa shape index (κ2) is 7.90. The Morgan fingerprint density at radius 2 is 1.83 bits per heavy atom. The van der Waals surface area contributed by atoms with Crippen molar-refractivity contribution in [2.45, 2.75) is 0 Å². The van der Waals surface area contributed by atoms with E-state index in [1.807, 2.05) is 0 Å². The molecule has 0 aliphatic heterocycles. The number of ether oxygens (including phenoxy) is 2. The molecule has 0 atom stereocenters. The quantitative estimate of drug-likeness (QED) is 0.796. The van der Waals surface area contributed by atoms with Crippen LogP contribution in [-0.4, -0.2) is 20.1 Å². The molecule has 2 aromatic carbocycles. The van der Waals surface area contributed by atoms with Crippen molar-refractivity contribution < 1.29 is 14.3 Å². The average Bonchev–Trinajstić information content (AvgIpc) is 2.54. The highest BCUT2D eigenvalue weighted by atomic mass is 35.5. The van der Waals surface area contributed by atoms with E-state index in [4.69, 9.17) is 32.7 Å². The van der Waals surface area contributed by atoms with Gasteiger partial charge in [0.25, 0.3) is 0 Å². The summed E-state index contributed by atoms with van der Waals surface area (Å²) in [5.41, 5.74) is 1.26. The van der Waals surface area contributed by atoms with Crippen molar-refractivity contribution in [2.24, 2.45) is 0 Å². The van der Waals surface area contributed by atoms with Crippen molar-refractivity contribution in [3.05, 3.63) is 58.1 Å². The van der Waals surface area contributed by atoms with Crippen LogP contribution in [0.1, 0.15) is 5.56 Å². The zero-order valence-electron chi connectivity index (χ0n) is 12.6. The number of rotatable bonds is 5. The highest BCUT2D eigenvalue weighted by Gasteiger charge is 2.10. The minimum absolute atomic E-state index is 0.302. The molecule has 0 radical (unpaired) electrons. The van der Waals surface area contributed by atoms with Gasteiger partial charge < -0.3 is 14.8 Å². The molecule has 23 heavy (non-hydrogen) atoms. The number of methoxy groups -OCH3 is 2. The monoisotopic (exact) mass is 351 g/mol.